The van der Waals surface area contributed by atoms with Crippen LogP contribution < -0.4 is 14.8 Å². The molecule has 2 rings (SSSR count). The van der Waals surface area contributed by atoms with E-state index in [9.17, 15) is 24.5 Å². The lowest BCUT2D eigenvalue weighted by molar-refractivity contribution is -0.490. The van der Waals surface area contributed by atoms with Crippen molar-refractivity contribution in [3.8, 4) is 11.5 Å². The van der Waals surface area contributed by atoms with Gasteiger partial charge < -0.3 is 19.5 Å². The molecule has 1 N–H and O–H groups in total. The highest BCUT2D eigenvalue weighted by molar-refractivity contribution is 5.95. The Balaban J connectivity index is 1.95. The number of benzene rings is 1. The van der Waals surface area contributed by atoms with Gasteiger partial charge in [0.1, 0.15) is 5.78 Å². The van der Waals surface area contributed by atoms with Crippen molar-refractivity contribution in [1.82, 2.24) is 0 Å². The molecule has 1 aromatic carbocycles. The predicted octanol–water partition coefficient (Wildman–Crippen LogP) is 2.08. The molecule has 0 spiro atoms. The fourth-order valence-electron chi connectivity index (χ4n) is 3.64. The Kier molecular flexibility index (Phi) is 7.73. The first-order valence-corrected chi connectivity index (χ1v) is 9.53. The molecule has 1 amide bonds. The normalized spacial score (nSPS) is 21.6. The number of ketones is 1. The first kappa shape index (κ1) is 23.1. The van der Waals surface area contributed by atoms with Gasteiger partial charge in [-0.1, -0.05) is 6.92 Å². The average Bonchev–Trinajstić information content (AvgIpc) is 2.94. The summed E-state index contributed by atoms with van der Waals surface area (Å²) in [7, 11) is 2.95. The standard InChI is InChI=1S/C20H26N2O8/c1-11-7-16(23)14(15(11)10-22(26)27)9-19(24)30-12(2)20(25)21-13-5-6-17(28-3)18(8-13)29-4/h5-6,8,11-12,14-15H,7,9-10H2,1-4H3,(H,21,25)/t11-,12+,14-,15-/m1/s1. The van der Waals surface area contributed by atoms with E-state index in [1.54, 1.807) is 25.1 Å². The van der Waals surface area contributed by atoms with Crippen molar-refractivity contribution in [3.63, 3.8) is 0 Å². The summed E-state index contributed by atoms with van der Waals surface area (Å²) in [6, 6.07) is 4.79. The van der Waals surface area contributed by atoms with Crippen LogP contribution in [-0.4, -0.2) is 49.5 Å². The van der Waals surface area contributed by atoms with E-state index in [2.05, 4.69) is 5.32 Å². The molecule has 1 aromatic rings. The zero-order valence-electron chi connectivity index (χ0n) is 17.4. The van der Waals surface area contributed by atoms with Crippen LogP contribution in [0, 0.1) is 27.9 Å². The fourth-order valence-corrected chi connectivity index (χ4v) is 3.64. The van der Waals surface area contributed by atoms with Crippen molar-refractivity contribution in [3.05, 3.63) is 28.3 Å². The number of nitrogens with zero attached hydrogens (tertiary/aromatic N) is 1. The minimum absolute atomic E-state index is 0.175. The Labute approximate surface area is 174 Å². The largest absolute Gasteiger partial charge is 0.493 e. The lowest BCUT2D eigenvalue weighted by atomic mass is 9.88. The van der Waals surface area contributed by atoms with Gasteiger partial charge in [0.25, 0.3) is 5.91 Å². The van der Waals surface area contributed by atoms with Crippen molar-refractivity contribution >= 4 is 23.3 Å². The molecule has 30 heavy (non-hydrogen) atoms. The number of ether oxygens (including phenoxy) is 3. The average molecular weight is 422 g/mol. The third-order valence-corrected chi connectivity index (χ3v) is 5.26. The number of carbonyl (C=O) groups excluding carboxylic acids is 3. The van der Waals surface area contributed by atoms with Crippen LogP contribution >= 0.6 is 0 Å². The first-order chi connectivity index (χ1) is 14.2. The van der Waals surface area contributed by atoms with Crippen LogP contribution in [-0.2, 0) is 19.1 Å². The van der Waals surface area contributed by atoms with Gasteiger partial charge in [-0.15, -0.1) is 0 Å². The van der Waals surface area contributed by atoms with Gasteiger partial charge in [-0.25, -0.2) is 0 Å². The molecule has 1 saturated carbocycles. The second-order valence-electron chi connectivity index (χ2n) is 7.33. The van der Waals surface area contributed by atoms with Crippen LogP contribution in [0.5, 0.6) is 11.5 Å². The van der Waals surface area contributed by atoms with Crippen LogP contribution in [0.2, 0.25) is 0 Å². The summed E-state index contributed by atoms with van der Waals surface area (Å²) in [6.07, 6.45) is -1.20. The molecule has 0 saturated heterocycles. The second kappa shape index (κ2) is 10.0. The van der Waals surface area contributed by atoms with Gasteiger partial charge in [-0.3, -0.25) is 24.5 Å². The minimum atomic E-state index is -1.12. The van der Waals surface area contributed by atoms with E-state index in [1.807, 2.05) is 0 Å². The summed E-state index contributed by atoms with van der Waals surface area (Å²) in [6.45, 7) is 2.79. The highest BCUT2D eigenvalue weighted by Gasteiger charge is 2.44. The quantitative estimate of drug-likeness (QED) is 0.363. The van der Waals surface area contributed by atoms with E-state index in [1.165, 1.54) is 21.1 Å². The van der Waals surface area contributed by atoms with Crippen LogP contribution in [0.3, 0.4) is 0 Å². The molecule has 1 aliphatic carbocycles. The molecular weight excluding hydrogens is 396 g/mol. The third-order valence-electron chi connectivity index (χ3n) is 5.26. The maximum absolute atomic E-state index is 12.3. The van der Waals surface area contributed by atoms with E-state index >= 15 is 0 Å². The Morgan fingerprint density at radius 2 is 1.93 bits per heavy atom. The van der Waals surface area contributed by atoms with Crippen LogP contribution in [0.25, 0.3) is 0 Å². The SMILES string of the molecule is COc1ccc(NC(=O)[C@H](C)OC(=O)C[C@H]2C(=O)C[C@@H](C)[C@H]2C[N+](=O)[O-])cc1OC. The molecule has 10 nitrogen and oxygen atoms in total. The molecule has 0 radical (unpaired) electrons. The van der Waals surface area contributed by atoms with Crippen molar-refractivity contribution in [2.75, 3.05) is 26.1 Å². The summed E-state index contributed by atoms with van der Waals surface area (Å²) in [5.74, 6) is -2.04. The minimum Gasteiger partial charge on any atom is -0.493 e. The molecule has 0 bridgehead atoms. The van der Waals surface area contributed by atoms with Crippen LogP contribution in [0.4, 0.5) is 5.69 Å². The lowest BCUT2D eigenvalue weighted by Crippen LogP contribution is -2.32. The van der Waals surface area contributed by atoms with Crippen molar-refractivity contribution < 1.29 is 33.5 Å². The van der Waals surface area contributed by atoms with Gasteiger partial charge in [0.15, 0.2) is 17.6 Å². The molecule has 10 heteroatoms. The highest BCUT2D eigenvalue weighted by Crippen LogP contribution is 2.36. The lowest BCUT2D eigenvalue weighted by Gasteiger charge is -2.19. The molecule has 1 fully saturated rings. The van der Waals surface area contributed by atoms with E-state index in [0.29, 0.717) is 17.2 Å². The van der Waals surface area contributed by atoms with Gasteiger partial charge in [0.2, 0.25) is 6.54 Å². The van der Waals surface area contributed by atoms with E-state index in [0.717, 1.165) is 0 Å². The van der Waals surface area contributed by atoms with Gasteiger partial charge in [-0.05, 0) is 25.0 Å². The van der Waals surface area contributed by atoms with Gasteiger partial charge in [0.05, 0.1) is 20.6 Å². The van der Waals surface area contributed by atoms with E-state index in [4.69, 9.17) is 14.2 Å². The Morgan fingerprint density at radius 1 is 1.27 bits per heavy atom. The highest BCUT2D eigenvalue weighted by atomic mass is 16.6. The molecular formula is C20H26N2O8. The number of hydrogen-bond donors (Lipinski definition) is 1. The van der Waals surface area contributed by atoms with E-state index < -0.39 is 34.7 Å². The van der Waals surface area contributed by atoms with Gasteiger partial charge >= 0.3 is 5.97 Å². The van der Waals surface area contributed by atoms with E-state index in [-0.39, 0.29) is 31.1 Å². The number of methoxy groups -OCH3 is 2. The zero-order chi connectivity index (χ0) is 22.4. The summed E-state index contributed by atoms with van der Waals surface area (Å²) in [5.41, 5.74) is 0.423. The fraction of sp³-hybridized carbons (Fsp3) is 0.550. The number of hydrogen-bond acceptors (Lipinski definition) is 8. The zero-order valence-corrected chi connectivity index (χ0v) is 17.4. The maximum atomic E-state index is 12.3. The van der Waals surface area contributed by atoms with Crippen molar-refractivity contribution in [2.24, 2.45) is 17.8 Å². The molecule has 0 aromatic heterocycles. The summed E-state index contributed by atoms with van der Waals surface area (Å²) in [4.78, 5) is 47.2. The molecule has 4 atom stereocenters. The number of esters is 1. The topological polar surface area (TPSA) is 134 Å². The predicted molar refractivity (Wildman–Crippen MR) is 106 cm³/mol. The number of amides is 1. The second-order valence-corrected chi connectivity index (χ2v) is 7.33. The smallest absolute Gasteiger partial charge is 0.307 e. The number of Topliss-reactive ketones (excluding diaryl/α,β-unsaturated/α-hetero) is 1. The van der Waals surface area contributed by atoms with Gasteiger partial charge in [-0.2, -0.15) is 0 Å². The third kappa shape index (κ3) is 5.68. The number of carbonyl (C=O) groups is 3. The van der Waals surface area contributed by atoms with Crippen LogP contribution in [0.1, 0.15) is 26.7 Å². The van der Waals surface area contributed by atoms with Crippen molar-refractivity contribution in [2.45, 2.75) is 32.8 Å². The Hall–Kier alpha value is -3.17. The number of rotatable bonds is 9. The monoisotopic (exact) mass is 422 g/mol. The molecule has 1 aliphatic rings. The summed E-state index contributed by atoms with van der Waals surface area (Å²) >= 11 is 0. The maximum Gasteiger partial charge on any atom is 0.307 e. The molecule has 0 heterocycles. The molecule has 0 unspecified atom stereocenters. The summed E-state index contributed by atoms with van der Waals surface area (Å²) in [5, 5.41) is 13.5. The number of anilines is 1. The van der Waals surface area contributed by atoms with Gasteiger partial charge in [0, 0.05) is 34.9 Å². The Bertz CT molecular complexity index is 825. The molecule has 0 aliphatic heterocycles. The first-order valence-electron chi connectivity index (χ1n) is 9.53. The number of nitrogens with one attached hydrogen (secondary N) is 1. The number of nitro groups is 1. The van der Waals surface area contributed by atoms with Crippen molar-refractivity contribution in [1.29, 1.82) is 0 Å². The van der Waals surface area contributed by atoms with Crippen LogP contribution in [0.15, 0.2) is 18.2 Å². The Morgan fingerprint density at radius 3 is 2.53 bits per heavy atom. The summed E-state index contributed by atoms with van der Waals surface area (Å²) < 4.78 is 15.5. The molecule has 164 valence electrons.